The minimum atomic E-state index is -1.38. The molecule has 1 atom stereocenters. The molecule has 2 aliphatic rings. The van der Waals surface area contributed by atoms with E-state index in [0.717, 1.165) is 37.0 Å². The molecule has 5 rings (SSSR count). The summed E-state index contributed by atoms with van der Waals surface area (Å²) in [5.74, 6) is -0.223. The molecule has 182 valence electrons. The van der Waals surface area contributed by atoms with Crippen molar-refractivity contribution in [3.63, 3.8) is 0 Å². The Hall–Kier alpha value is -3.60. The predicted octanol–water partition coefficient (Wildman–Crippen LogP) is 5.22. The van der Waals surface area contributed by atoms with Crippen LogP contribution in [0.2, 0.25) is 0 Å². The van der Waals surface area contributed by atoms with Gasteiger partial charge in [0, 0.05) is 11.6 Å². The molecular weight excluding hydrogens is 471 g/mol. The van der Waals surface area contributed by atoms with Crippen LogP contribution in [0.5, 0.6) is 0 Å². The highest BCUT2D eigenvalue weighted by atomic mass is 32.1. The highest BCUT2D eigenvalue weighted by molar-refractivity contribution is 7.17. The first-order valence-corrected chi connectivity index (χ1v) is 12.2. The lowest BCUT2D eigenvalue weighted by Crippen LogP contribution is -2.47. The van der Waals surface area contributed by atoms with Crippen LogP contribution in [-0.2, 0) is 5.66 Å². The number of rotatable bonds is 5. The molecule has 9 nitrogen and oxygen atoms in total. The fraction of sp³-hybridized carbons (Fsp3) is 0.375. The molecule has 1 fully saturated rings. The van der Waals surface area contributed by atoms with E-state index in [1.165, 1.54) is 30.6 Å². The Morgan fingerprint density at radius 3 is 2.60 bits per heavy atom. The summed E-state index contributed by atoms with van der Waals surface area (Å²) in [6.07, 6.45) is 7.31. The Morgan fingerprint density at radius 2 is 1.94 bits per heavy atom. The van der Waals surface area contributed by atoms with Crippen molar-refractivity contribution in [3.8, 4) is 0 Å². The number of fused-ring (bicyclic) bond motifs is 1. The van der Waals surface area contributed by atoms with Gasteiger partial charge in [-0.25, -0.2) is 14.1 Å². The Labute approximate surface area is 205 Å². The standard InChI is InChI=1S/C24H25FN6O3S/c1-23(2)11-9-17(10-12-23)30-21-18(13-28-30)24(27-14-26-21,15-3-5-16(25)6-4-15)29-22(32)19-7-8-20(35-19)31(33)34/h3-8,13-14,17H,9-12H2,1-2H3,(H,26,27)(H,29,32). The smallest absolute Gasteiger partial charge is 0.324 e. The molecule has 3 aromatic rings. The monoisotopic (exact) mass is 496 g/mol. The fourth-order valence-corrected chi connectivity index (χ4v) is 5.52. The molecule has 2 N–H and O–H groups in total. The van der Waals surface area contributed by atoms with Crippen LogP contribution in [0.3, 0.4) is 0 Å². The molecular formula is C24H25FN6O3S. The second-order valence-corrected chi connectivity index (χ2v) is 10.8. The van der Waals surface area contributed by atoms with Gasteiger partial charge >= 0.3 is 5.00 Å². The summed E-state index contributed by atoms with van der Waals surface area (Å²) in [4.78, 5) is 28.6. The zero-order valence-corrected chi connectivity index (χ0v) is 20.1. The molecule has 3 heterocycles. The summed E-state index contributed by atoms with van der Waals surface area (Å²) in [6.45, 7) is 4.55. The van der Waals surface area contributed by atoms with Gasteiger partial charge in [-0.3, -0.25) is 14.9 Å². The van der Waals surface area contributed by atoms with Gasteiger partial charge in [0.05, 0.1) is 33.9 Å². The van der Waals surface area contributed by atoms with E-state index < -0.39 is 22.3 Å². The van der Waals surface area contributed by atoms with Crippen molar-refractivity contribution in [3.05, 3.63) is 74.5 Å². The largest absolute Gasteiger partial charge is 0.331 e. The fourth-order valence-electron chi connectivity index (χ4n) is 4.80. The van der Waals surface area contributed by atoms with Gasteiger partial charge in [0.25, 0.3) is 5.91 Å². The molecule has 1 aromatic carbocycles. The zero-order chi connectivity index (χ0) is 24.8. The Balaban J connectivity index is 1.55. The summed E-state index contributed by atoms with van der Waals surface area (Å²) >= 11 is 0.784. The third-order valence-electron chi connectivity index (χ3n) is 6.85. The number of carbonyl (C=O) groups excluding carboxylic acids is 1. The Bertz CT molecular complexity index is 1310. The van der Waals surface area contributed by atoms with Gasteiger partial charge in [0.1, 0.15) is 11.6 Å². The maximum atomic E-state index is 13.8. The number of carbonyl (C=O) groups is 1. The van der Waals surface area contributed by atoms with E-state index in [9.17, 15) is 19.3 Å². The number of aliphatic imine (C=N–C) groups is 1. The van der Waals surface area contributed by atoms with E-state index in [2.05, 4.69) is 34.6 Å². The van der Waals surface area contributed by atoms with Crippen LogP contribution in [0, 0.1) is 21.3 Å². The summed E-state index contributed by atoms with van der Waals surface area (Å²) in [6, 6.07) is 8.67. The van der Waals surface area contributed by atoms with Gasteiger partial charge in [-0.1, -0.05) is 37.3 Å². The summed E-state index contributed by atoms with van der Waals surface area (Å²) in [5.41, 5.74) is 0.0851. The van der Waals surface area contributed by atoms with Crippen LogP contribution >= 0.6 is 11.3 Å². The average molecular weight is 497 g/mol. The molecule has 0 bridgehead atoms. The topological polar surface area (TPSA) is 114 Å². The van der Waals surface area contributed by atoms with Gasteiger partial charge in [0.15, 0.2) is 5.66 Å². The molecule has 1 saturated carbocycles. The maximum absolute atomic E-state index is 13.8. The number of amides is 1. The van der Waals surface area contributed by atoms with Gasteiger partial charge in [-0.05, 0) is 49.3 Å². The van der Waals surface area contributed by atoms with Crippen LogP contribution in [0.15, 0.2) is 47.6 Å². The minimum Gasteiger partial charge on any atom is -0.331 e. The first-order chi connectivity index (χ1) is 16.7. The van der Waals surface area contributed by atoms with Gasteiger partial charge < -0.3 is 10.6 Å². The van der Waals surface area contributed by atoms with Crippen LogP contribution < -0.4 is 10.6 Å². The number of nitro groups is 1. The number of nitrogens with one attached hydrogen (secondary N) is 2. The van der Waals surface area contributed by atoms with E-state index in [1.807, 2.05) is 4.68 Å². The first kappa shape index (κ1) is 23.2. The Kier molecular flexibility index (Phi) is 5.66. The normalized spacial score (nSPS) is 21.2. The number of aromatic nitrogens is 2. The predicted molar refractivity (Wildman–Crippen MR) is 131 cm³/mol. The Morgan fingerprint density at radius 1 is 1.23 bits per heavy atom. The lowest BCUT2D eigenvalue weighted by molar-refractivity contribution is -0.380. The van der Waals surface area contributed by atoms with Gasteiger partial charge in [-0.2, -0.15) is 5.10 Å². The van der Waals surface area contributed by atoms with Crippen molar-refractivity contribution in [2.24, 2.45) is 10.4 Å². The van der Waals surface area contributed by atoms with Gasteiger partial charge in [0.2, 0.25) is 0 Å². The summed E-state index contributed by atoms with van der Waals surface area (Å²) < 4.78 is 15.7. The molecule has 11 heteroatoms. The van der Waals surface area contributed by atoms with Crippen molar-refractivity contribution in [2.75, 3.05) is 5.32 Å². The van der Waals surface area contributed by atoms with Crippen LogP contribution in [0.1, 0.15) is 66.4 Å². The lowest BCUT2D eigenvalue weighted by Gasteiger charge is -2.36. The third kappa shape index (κ3) is 4.20. The molecule has 0 radical (unpaired) electrons. The minimum absolute atomic E-state index is 0.131. The van der Waals surface area contributed by atoms with E-state index >= 15 is 0 Å². The van der Waals surface area contributed by atoms with Crippen molar-refractivity contribution >= 4 is 34.4 Å². The first-order valence-electron chi connectivity index (χ1n) is 11.4. The number of halogens is 1. The quantitative estimate of drug-likeness (QED) is 0.371. The molecule has 2 aromatic heterocycles. The molecule has 1 unspecified atom stereocenters. The molecule has 1 aliphatic carbocycles. The summed E-state index contributed by atoms with van der Waals surface area (Å²) in [7, 11) is 0. The van der Waals surface area contributed by atoms with Crippen LogP contribution in [0.4, 0.5) is 15.2 Å². The zero-order valence-electron chi connectivity index (χ0n) is 19.3. The van der Waals surface area contributed by atoms with E-state index in [-0.39, 0.29) is 15.9 Å². The lowest BCUT2D eigenvalue weighted by atomic mass is 9.75. The van der Waals surface area contributed by atoms with Crippen molar-refractivity contribution in [1.82, 2.24) is 15.1 Å². The number of hydrogen-bond acceptors (Lipinski definition) is 7. The number of thiophene rings is 1. The second kappa shape index (κ2) is 8.56. The molecule has 1 amide bonds. The van der Waals surface area contributed by atoms with Crippen LogP contribution in [-0.4, -0.2) is 26.9 Å². The molecule has 35 heavy (non-hydrogen) atoms. The number of nitrogens with zero attached hydrogens (tertiary/aromatic N) is 4. The number of hydrogen-bond donors (Lipinski definition) is 2. The van der Waals surface area contributed by atoms with Crippen molar-refractivity contribution < 1.29 is 14.1 Å². The van der Waals surface area contributed by atoms with Crippen LogP contribution in [0.25, 0.3) is 0 Å². The number of benzene rings is 1. The second-order valence-electron chi connectivity index (χ2n) is 9.72. The highest BCUT2D eigenvalue weighted by Crippen LogP contribution is 2.44. The molecule has 1 aliphatic heterocycles. The molecule has 0 spiro atoms. The summed E-state index contributed by atoms with van der Waals surface area (Å²) in [5, 5.41) is 21.8. The van der Waals surface area contributed by atoms with Crippen molar-refractivity contribution in [1.29, 1.82) is 0 Å². The number of anilines is 1. The SMILES string of the molecule is CC1(C)CCC(n2ncc3c2NC=NC3(NC(=O)c2ccc([N+](=O)[O-])s2)c2ccc(F)cc2)CC1. The van der Waals surface area contributed by atoms with Gasteiger partial charge in [-0.15, -0.1) is 0 Å². The average Bonchev–Trinajstić information content (AvgIpc) is 3.48. The van der Waals surface area contributed by atoms with E-state index in [0.29, 0.717) is 22.4 Å². The van der Waals surface area contributed by atoms with E-state index in [4.69, 9.17) is 0 Å². The maximum Gasteiger partial charge on any atom is 0.324 e. The van der Waals surface area contributed by atoms with E-state index in [1.54, 1.807) is 18.3 Å². The highest BCUT2D eigenvalue weighted by Gasteiger charge is 2.43. The van der Waals surface area contributed by atoms with Crippen molar-refractivity contribution in [2.45, 2.75) is 51.2 Å². The molecule has 0 saturated heterocycles. The third-order valence-corrected chi connectivity index (χ3v) is 7.89.